The van der Waals surface area contributed by atoms with E-state index in [0.29, 0.717) is 0 Å². The van der Waals surface area contributed by atoms with E-state index in [9.17, 15) is 5.11 Å². The van der Waals surface area contributed by atoms with Crippen molar-refractivity contribution in [2.75, 3.05) is 6.61 Å². The largest absolute Gasteiger partial charge is 0.396 e. The van der Waals surface area contributed by atoms with Gasteiger partial charge in [-0.05, 0) is 42.9 Å². The molecule has 1 rings (SSSR count). The molecule has 0 aliphatic carbocycles. The SMILES string of the molecule is CCCCCC(O)c1cccc(C=CCCCCO)c1. The van der Waals surface area contributed by atoms with E-state index in [1.54, 1.807) is 0 Å². The first-order valence-corrected chi connectivity index (χ1v) is 7.83. The molecule has 0 amide bonds. The average molecular weight is 276 g/mol. The molecule has 112 valence electrons. The molecule has 0 aliphatic rings. The van der Waals surface area contributed by atoms with Gasteiger partial charge in [0.1, 0.15) is 0 Å². The molecule has 0 aromatic heterocycles. The summed E-state index contributed by atoms with van der Waals surface area (Å²) < 4.78 is 0. The molecule has 0 aliphatic heterocycles. The number of allylic oxidation sites excluding steroid dienone is 1. The van der Waals surface area contributed by atoms with Gasteiger partial charge in [0.15, 0.2) is 0 Å². The van der Waals surface area contributed by atoms with E-state index in [2.05, 4.69) is 31.2 Å². The van der Waals surface area contributed by atoms with Crippen LogP contribution in [0.5, 0.6) is 0 Å². The standard InChI is InChI=1S/C18H28O2/c1-2-3-6-13-18(20)17-12-9-11-16(15-17)10-7-4-5-8-14-19/h7,9-12,15,18-20H,2-6,8,13-14H2,1H3. The summed E-state index contributed by atoms with van der Waals surface area (Å²) in [5, 5.41) is 18.9. The molecule has 2 nitrogen and oxygen atoms in total. The van der Waals surface area contributed by atoms with Crippen molar-refractivity contribution in [3.63, 3.8) is 0 Å². The van der Waals surface area contributed by atoms with Gasteiger partial charge in [-0.25, -0.2) is 0 Å². The van der Waals surface area contributed by atoms with Gasteiger partial charge in [-0.1, -0.05) is 56.5 Å². The van der Waals surface area contributed by atoms with Crippen LogP contribution in [0.4, 0.5) is 0 Å². The number of hydrogen-bond donors (Lipinski definition) is 2. The van der Waals surface area contributed by atoms with Gasteiger partial charge < -0.3 is 10.2 Å². The van der Waals surface area contributed by atoms with Crippen molar-refractivity contribution < 1.29 is 10.2 Å². The van der Waals surface area contributed by atoms with Crippen LogP contribution in [0.3, 0.4) is 0 Å². The van der Waals surface area contributed by atoms with Crippen LogP contribution in [0.25, 0.3) is 6.08 Å². The minimum atomic E-state index is -0.343. The normalized spacial score (nSPS) is 12.9. The highest BCUT2D eigenvalue weighted by molar-refractivity contribution is 5.50. The Morgan fingerprint density at radius 3 is 2.75 bits per heavy atom. The third kappa shape index (κ3) is 6.88. The van der Waals surface area contributed by atoms with Crippen molar-refractivity contribution in [2.45, 2.75) is 58.0 Å². The summed E-state index contributed by atoms with van der Waals surface area (Å²) in [6.45, 7) is 2.45. The third-order valence-electron chi connectivity index (χ3n) is 3.47. The van der Waals surface area contributed by atoms with Gasteiger partial charge in [-0.15, -0.1) is 0 Å². The maximum atomic E-state index is 10.2. The zero-order valence-electron chi connectivity index (χ0n) is 12.6. The number of aliphatic hydroxyl groups excluding tert-OH is 2. The summed E-state index contributed by atoms with van der Waals surface area (Å²) >= 11 is 0. The average Bonchev–Trinajstić information content (AvgIpc) is 2.47. The quantitative estimate of drug-likeness (QED) is 0.619. The Morgan fingerprint density at radius 2 is 2.00 bits per heavy atom. The summed E-state index contributed by atoms with van der Waals surface area (Å²) in [4.78, 5) is 0. The number of benzene rings is 1. The second-order valence-corrected chi connectivity index (χ2v) is 5.30. The first-order valence-electron chi connectivity index (χ1n) is 7.83. The van der Waals surface area contributed by atoms with Crippen molar-refractivity contribution in [2.24, 2.45) is 0 Å². The third-order valence-corrected chi connectivity index (χ3v) is 3.47. The van der Waals surface area contributed by atoms with E-state index >= 15 is 0 Å². The Labute approximate surface area is 123 Å². The van der Waals surface area contributed by atoms with Crippen LogP contribution in [0.1, 0.15) is 69.1 Å². The molecule has 1 aromatic rings. The molecule has 0 spiro atoms. The summed E-state index contributed by atoms with van der Waals surface area (Å²) in [7, 11) is 0. The Kier molecular flexibility index (Phi) is 9.01. The lowest BCUT2D eigenvalue weighted by molar-refractivity contribution is 0.163. The molecule has 1 unspecified atom stereocenters. The van der Waals surface area contributed by atoms with E-state index in [-0.39, 0.29) is 12.7 Å². The number of rotatable bonds is 10. The van der Waals surface area contributed by atoms with Crippen molar-refractivity contribution in [1.82, 2.24) is 0 Å². The van der Waals surface area contributed by atoms with Crippen LogP contribution in [-0.4, -0.2) is 16.8 Å². The molecular formula is C18H28O2. The summed E-state index contributed by atoms with van der Waals surface area (Å²) in [5.41, 5.74) is 2.15. The summed E-state index contributed by atoms with van der Waals surface area (Å²) in [5.74, 6) is 0. The van der Waals surface area contributed by atoms with Crippen LogP contribution in [0, 0.1) is 0 Å². The van der Waals surface area contributed by atoms with Crippen LogP contribution in [-0.2, 0) is 0 Å². The lowest BCUT2D eigenvalue weighted by Crippen LogP contribution is -1.97. The van der Waals surface area contributed by atoms with Crippen molar-refractivity contribution in [3.05, 3.63) is 41.5 Å². The first-order chi connectivity index (χ1) is 9.77. The van der Waals surface area contributed by atoms with Crippen LogP contribution in [0.15, 0.2) is 30.3 Å². The highest BCUT2D eigenvalue weighted by Gasteiger charge is 2.06. The van der Waals surface area contributed by atoms with E-state index in [0.717, 1.165) is 43.2 Å². The molecule has 2 N–H and O–H groups in total. The van der Waals surface area contributed by atoms with Crippen LogP contribution < -0.4 is 0 Å². The smallest absolute Gasteiger partial charge is 0.0790 e. The van der Waals surface area contributed by atoms with Crippen LogP contribution >= 0.6 is 0 Å². The summed E-state index contributed by atoms with van der Waals surface area (Å²) in [6, 6.07) is 8.13. The summed E-state index contributed by atoms with van der Waals surface area (Å²) in [6.07, 6.45) is 11.1. The van der Waals surface area contributed by atoms with Crippen molar-refractivity contribution >= 4 is 6.08 Å². The predicted octanol–water partition coefficient (Wildman–Crippen LogP) is 4.48. The molecule has 0 heterocycles. The van der Waals surface area contributed by atoms with Gasteiger partial charge in [-0.3, -0.25) is 0 Å². The fourth-order valence-electron chi connectivity index (χ4n) is 2.22. The molecule has 0 bridgehead atoms. The number of hydrogen-bond acceptors (Lipinski definition) is 2. The van der Waals surface area contributed by atoms with E-state index in [4.69, 9.17) is 5.11 Å². The number of unbranched alkanes of at least 4 members (excludes halogenated alkanes) is 4. The molecular weight excluding hydrogens is 248 g/mol. The lowest BCUT2D eigenvalue weighted by atomic mass is 10.0. The molecule has 0 radical (unpaired) electrons. The van der Waals surface area contributed by atoms with E-state index < -0.39 is 0 Å². The van der Waals surface area contributed by atoms with Crippen molar-refractivity contribution in [1.29, 1.82) is 0 Å². The zero-order chi connectivity index (χ0) is 14.6. The van der Waals surface area contributed by atoms with E-state index in [1.165, 1.54) is 12.8 Å². The molecule has 1 atom stereocenters. The molecule has 0 saturated heterocycles. The molecule has 1 aromatic carbocycles. The van der Waals surface area contributed by atoms with Gasteiger partial charge >= 0.3 is 0 Å². The molecule has 20 heavy (non-hydrogen) atoms. The second kappa shape index (κ2) is 10.6. The Morgan fingerprint density at radius 1 is 1.15 bits per heavy atom. The minimum Gasteiger partial charge on any atom is -0.396 e. The van der Waals surface area contributed by atoms with Crippen molar-refractivity contribution in [3.8, 4) is 0 Å². The Hall–Kier alpha value is -1.12. The molecule has 0 fully saturated rings. The van der Waals surface area contributed by atoms with Gasteiger partial charge in [0.25, 0.3) is 0 Å². The van der Waals surface area contributed by atoms with Gasteiger partial charge in [0, 0.05) is 6.61 Å². The van der Waals surface area contributed by atoms with Gasteiger partial charge in [-0.2, -0.15) is 0 Å². The Balaban J connectivity index is 2.47. The fourth-order valence-corrected chi connectivity index (χ4v) is 2.22. The zero-order valence-corrected chi connectivity index (χ0v) is 12.6. The maximum absolute atomic E-state index is 10.2. The van der Waals surface area contributed by atoms with Gasteiger partial charge in [0.05, 0.1) is 6.10 Å². The van der Waals surface area contributed by atoms with E-state index in [1.807, 2.05) is 12.1 Å². The molecule has 0 saturated carbocycles. The number of aliphatic hydroxyl groups is 2. The molecule has 2 heteroatoms. The monoisotopic (exact) mass is 276 g/mol. The Bertz CT molecular complexity index is 385. The highest BCUT2D eigenvalue weighted by Crippen LogP contribution is 2.21. The van der Waals surface area contributed by atoms with Gasteiger partial charge in [0.2, 0.25) is 0 Å². The lowest BCUT2D eigenvalue weighted by Gasteiger charge is -2.11. The minimum absolute atomic E-state index is 0.271. The highest BCUT2D eigenvalue weighted by atomic mass is 16.3. The maximum Gasteiger partial charge on any atom is 0.0790 e. The predicted molar refractivity (Wildman–Crippen MR) is 85.5 cm³/mol. The second-order valence-electron chi connectivity index (χ2n) is 5.30. The van der Waals surface area contributed by atoms with Crippen LogP contribution in [0.2, 0.25) is 0 Å². The fraction of sp³-hybridized carbons (Fsp3) is 0.556. The first kappa shape index (κ1) is 16.9. The topological polar surface area (TPSA) is 40.5 Å².